The standard InChI is InChI=1S/C22H30N2O3/c1-3-16-5-6-19-18(11-16)17(12-21(26)27-19)13-24-10-8-22(15-25)7-4-9-23(2)20(22)14-24/h5-6,11-12,20,25H,3-4,7-10,13-15H2,1-2H3/t20-,22-/m1/s1. The lowest BCUT2D eigenvalue weighted by Crippen LogP contribution is -2.61. The number of hydrogen-bond donors (Lipinski definition) is 1. The highest BCUT2D eigenvalue weighted by Gasteiger charge is 2.46. The Hall–Kier alpha value is -1.69. The van der Waals surface area contributed by atoms with Crippen LogP contribution in [0.15, 0.2) is 33.5 Å². The van der Waals surface area contributed by atoms with Gasteiger partial charge < -0.3 is 14.4 Å². The normalized spacial score (nSPS) is 27.0. The number of aliphatic hydroxyl groups excluding tert-OH is 1. The van der Waals surface area contributed by atoms with E-state index in [0.717, 1.165) is 62.8 Å². The van der Waals surface area contributed by atoms with Crippen LogP contribution in [0.1, 0.15) is 37.3 Å². The largest absolute Gasteiger partial charge is 0.423 e. The van der Waals surface area contributed by atoms with Crippen molar-refractivity contribution in [2.45, 2.75) is 45.2 Å². The molecule has 2 saturated heterocycles. The molecule has 1 aromatic carbocycles. The summed E-state index contributed by atoms with van der Waals surface area (Å²) in [6.07, 6.45) is 4.25. The van der Waals surface area contributed by atoms with Crippen LogP contribution in [0.3, 0.4) is 0 Å². The molecule has 0 aliphatic carbocycles. The molecule has 2 fully saturated rings. The number of likely N-dealkylation sites (N-methyl/N-ethyl adjacent to an activating group) is 1. The molecule has 146 valence electrons. The Morgan fingerprint density at radius 2 is 2.11 bits per heavy atom. The van der Waals surface area contributed by atoms with Gasteiger partial charge in [-0.2, -0.15) is 0 Å². The molecule has 3 heterocycles. The van der Waals surface area contributed by atoms with Gasteiger partial charge in [0.25, 0.3) is 0 Å². The molecule has 4 rings (SSSR count). The average Bonchev–Trinajstić information content (AvgIpc) is 2.68. The third kappa shape index (κ3) is 3.44. The van der Waals surface area contributed by atoms with Gasteiger partial charge in [-0.3, -0.25) is 4.90 Å². The molecule has 0 bridgehead atoms. The maximum absolute atomic E-state index is 12.1. The predicted octanol–water partition coefficient (Wildman–Crippen LogP) is 2.63. The van der Waals surface area contributed by atoms with Crippen molar-refractivity contribution in [1.29, 1.82) is 0 Å². The Labute approximate surface area is 160 Å². The Morgan fingerprint density at radius 1 is 1.26 bits per heavy atom. The van der Waals surface area contributed by atoms with Crippen LogP contribution >= 0.6 is 0 Å². The van der Waals surface area contributed by atoms with E-state index in [1.807, 2.05) is 12.1 Å². The molecular weight excluding hydrogens is 340 g/mol. The number of nitrogens with zero attached hydrogens (tertiary/aromatic N) is 2. The molecule has 0 radical (unpaired) electrons. The molecule has 1 aromatic heterocycles. The van der Waals surface area contributed by atoms with Crippen molar-refractivity contribution in [3.05, 3.63) is 45.8 Å². The highest BCUT2D eigenvalue weighted by Crippen LogP contribution is 2.41. The third-order valence-electron chi connectivity index (χ3n) is 6.79. The van der Waals surface area contributed by atoms with E-state index in [1.54, 1.807) is 6.07 Å². The van der Waals surface area contributed by atoms with E-state index >= 15 is 0 Å². The summed E-state index contributed by atoms with van der Waals surface area (Å²) < 4.78 is 5.41. The number of piperidine rings is 2. The maximum atomic E-state index is 12.1. The van der Waals surface area contributed by atoms with E-state index in [-0.39, 0.29) is 17.6 Å². The van der Waals surface area contributed by atoms with Crippen LogP contribution in [0.4, 0.5) is 0 Å². The van der Waals surface area contributed by atoms with Gasteiger partial charge in [-0.25, -0.2) is 4.79 Å². The lowest BCUT2D eigenvalue weighted by molar-refractivity contribution is -0.0684. The second-order valence-electron chi connectivity index (χ2n) is 8.38. The van der Waals surface area contributed by atoms with Crippen molar-refractivity contribution in [3.8, 4) is 0 Å². The van der Waals surface area contributed by atoms with Gasteiger partial charge in [0.2, 0.25) is 0 Å². The Kier molecular flexibility index (Phi) is 5.10. The number of fused-ring (bicyclic) bond motifs is 2. The highest BCUT2D eigenvalue weighted by atomic mass is 16.4. The molecule has 2 atom stereocenters. The van der Waals surface area contributed by atoms with Gasteiger partial charge >= 0.3 is 5.63 Å². The van der Waals surface area contributed by atoms with Gasteiger partial charge in [0, 0.05) is 36.0 Å². The van der Waals surface area contributed by atoms with Crippen LogP contribution in [-0.2, 0) is 13.0 Å². The fourth-order valence-corrected chi connectivity index (χ4v) is 5.09. The molecule has 5 heteroatoms. The minimum atomic E-state index is -0.279. The van der Waals surface area contributed by atoms with E-state index in [9.17, 15) is 9.90 Å². The highest BCUT2D eigenvalue weighted by molar-refractivity contribution is 5.80. The van der Waals surface area contributed by atoms with Gasteiger partial charge in [-0.1, -0.05) is 13.0 Å². The average molecular weight is 370 g/mol. The smallest absolute Gasteiger partial charge is 0.336 e. The first-order chi connectivity index (χ1) is 13.0. The molecule has 0 amide bonds. The predicted molar refractivity (Wildman–Crippen MR) is 107 cm³/mol. The second-order valence-corrected chi connectivity index (χ2v) is 8.38. The number of benzene rings is 1. The van der Waals surface area contributed by atoms with Gasteiger partial charge in [-0.15, -0.1) is 0 Å². The van der Waals surface area contributed by atoms with Crippen molar-refractivity contribution in [2.75, 3.05) is 33.3 Å². The molecule has 0 spiro atoms. The van der Waals surface area contributed by atoms with Crippen molar-refractivity contribution < 1.29 is 9.52 Å². The van der Waals surface area contributed by atoms with Crippen molar-refractivity contribution in [3.63, 3.8) is 0 Å². The summed E-state index contributed by atoms with van der Waals surface area (Å²) in [5.41, 5.74) is 2.73. The zero-order valence-corrected chi connectivity index (χ0v) is 16.4. The van der Waals surface area contributed by atoms with Gasteiger partial charge in [0.15, 0.2) is 0 Å². The summed E-state index contributed by atoms with van der Waals surface area (Å²) >= 11 is 0. The summed E-state index contributed by atoms with van der Waals surface area (Å²) in [5, 5.41) is 11.2. The number of aliphatic hydroxyl groups is 1. The van der Waals surface area contributed by atoms with Crippen LogP contribution in [0.2, 0.25) is 0 Å². The molecule has 2 aliphatic rings. The summed E-state index contributed by atoms with van der Waals surface area (Å²) in [4.78, 5) is 16.9. The monoisotopic (exact) mass is 370 g/mol. The fourth-order valence-electron chi connectivity index (χ4n) is 5.09. The van der Waals surface area contributed by atoms with Crippen LogP contribution in [0.5, 0.6) is 0 Å². The minimum Gasteiger partial charge on any atom is -0.423 e. The van der Waals surface area contributed by atoms with Crippen LogP contribution in [0, 0.1) is 5.41 Å². The maximum Gasteiger partial charge on any atom is 0.336 e. The van der Waals surface area contributed by atoms with Crippen LogP contribution in [0.25, 0.3) is 11.0 Å². The van der Waals surface area contributed by atoms with E-state index in [1.165, 1.54) is 5.56 Å². The number of rotatable bonds is 4. The molecule has 0 unspecified atom stereocenters. The molecule has 1 N–H and O–H groups in total. The number of aryl methyl sites for hydroxylation is 1. The molecule has 27 heavy (non-hydrogen) atoms. The third-order valence-corrected chi connectivity index (χ3v) is 6.79. The lowest BCUT2D eigenvalue weighted by atomic mass is 9.69. The quantitative estimate of drug-likeness (QED) is 0.839. The lowest BCUT2D eigenvalue weighted by Gasteiger charge is -2.53. The van der Waals surface area contributed by atoms with Gasteiger partial charge in [0.1, 0.15) is 5.58 Å². The first kappa shape index (κ1) is 18.7. The molecule has 0 saturated carbocycles. The summed E-state index contributed by atoms with van der Waals surface area (Å²) in [6.45, 7) is 6.15. The van der Waals surface area contributed by atoms with Gasteiger partial charge in [0.05, 0.1) is 6.61 Å². The molecule has 5 nitrogen and oxygen atoms in total. The summed E-state index contributed by atoms with van der Waals surface area (Å²) in [6, 6.07) is 8.13. The Morgan fingerprint density at radius 3 is 2.89 bits per heavy atom. The molecule has 2 aromatic rings. The SMILES string of the molecule is CCc1ccc2oc(=O)cc(CN3CC[C@@]4(CO)CCCN(C)[C@@H]4C3)c2c1. The fraction of sp³-hybridized carbons (Fsp3) is 0.591. The van der Waals surface area contributed by atoms with E-state index in [4.69, 9.17) is 4.42 Å². The first-order valence-corrected chi connectivity index (χ1v) is 10.1. The topological polar surface area (TPSA) is 56.9 Å². The number of hydrogen-bond acceptors (Lipinski definition) is 5. The van der Waals surface area contributed by atoms with E-state index < -0.39 is 0 Å². The molecular formula is C22H30N2O3. The molecule has 2 aliphatic heterocycles. The van der Waals surface area contributed by atoms with Crippen LogP contribution in [-0.4, -0.2) is 54.2 Å². The zero-order chi connectivity index (χ0) is 19.0. The van der Waals surface area contributed by atoms with E-state index in [2.05, 4.69) is 29.8 Å². The van der Waals surface area contributed by atoms with Crippen molar-refractivity contribution >= 4 is 11.0 Å². The summed E-state index contributed by atoms with van der Waals surface area (Å²) in [7, 11) is 2.18. The first-order valence-electron chi connectivity index (χ1n) is 10.1. The zero-order valence-electron chi connectivity index (χ0n) is 16.4. The van der Waals surface area contributed by atoms with E-state index in [0.29, 0.717) is 11.6 Å². The second kappa shape index (κ2) is 7.38. The van der Waals surface area contributed by atoms with Crippen molar-refractivity contribution in [1.82, 2.24) is 9.80 Å². The van der Waals surface area contributed by atoms with Crippen LogP contribution < -0.4 is 5.63 Å². The number of likely N-dealkylation sites (tertiary alicyclic amines) is 2. The van der Waals surface area contributed by atoms with Crippen molar-refractivity contribution in [2.24, 2.45) is 5.41 Å². The minimum absolute atomic E-state index is 0.0384. The summed E-state index contributed by atoms with van der Waals surface area (Å²) in [5.74, 6) is 0. The Balaban J connectivity index is 1.62. The van der Waals surface area contributed by atoms with Gasteiger partial charge in [-0.05, 0) is 69.1 Å². The Bertz CT molecular complexity index is 877.